The van der Waals surface area contributed by atoms with Gasteiger partial charge in [-0.2, -0.15) is 0 Å². The highest BCUT2D eigenvalue weighted by atomic mass is 16.2. The van der Waals surface area contributed by atoms with Gasteiger partial charge in [0.25, 0.3) is 0 Å². The molecule has 1 saturated heterocycles. The van der Waals surface area contributed by atoms with Gasteiger partial charge in [0.15, 0.2) is 0 Å². The lowest BCUT2D eigenvalue weighted by molar-refractivity contribution is 0.152. The van der Waals surface area contributed by atoms with E-state index in [-0.39, 0.29) is 12.1 Å². The highest BCUT2D eigenvalue weighted by molar-refractivity contribution is 5.75. The highest BCUT2D eigenvalue weighted by Crippen LogP contribution is 2.05. The zero-order valence-electron chi connectivity index (χ0n) is 8.52. The number of nitrogens with zero attached hydrogens (tertiary/aromatic N) is 1. The lowest BCUT2D eigenvalue weighted by Gasteiger charge is -2.36. The first-order chi connectivity index (χ1) is 7.25. The van der Waals surface area contributed by atoms with Crippen LogP contribution in [0.1, 0.15) is 5.56 Å². The van der Waals surface area contributed by atoms with E-state index >= 15 is 0 Å². The summed E-state index contributed by atoms with van der Waals surface area (Å²) in [4.78, 5) is 13.2. The number of amides is 2. The Balaban J connectivity index is 1.76. The molecule has 0 aromatic heterocycles. The van der Waals surface area contributed by atoms with Gasteiger partial charge in [0, 0.05) is 25.7 Å². The number of carbonyl (C=O) groups excluding carboxylic acids is 1. The van der Waals surface area contributed by atoms with E-state index in [4.69, 9.17) is 5.73 Å². The van der Waals surface area contributed by atoms with Crippen molar-refractivity contribution in [2.75, 3.05) is 13.1 Å². The van der Waals surface area contributed by atoms with Crippen LogP contribution in [0, 0.1) is 0 Å². The van der Waals surface area contributed by atoms with E-state index in [1.807, 2.05) is 30.3 Å². The molecule has 1 fully saturated rings. The summed E-state index contributed by atoms with van der Waals surface area (Å²) in [5.74, 6) is 0. The number of carbonyl (C=O) groups is 1. The van der Waals surface area contributed by atoms with Crippen molar-refractivity contribution in [1.29, 1.82) is 0 Å². The third-order valence-electron chi connectivity index (χ3n) is 2.48. The van der Waals surface area contributed by atoms with Crippen molar-refractivity contribution in [3.63, 3.8) is 0 Å². The molecule has 1 aromatic carbocycles. The summed E-state index contributed by atoms with van der Waals surface area (Å²) in [5, 5.41) is 2.85. The quantitative estimate of drug-likeness (QED) is 0.740. The molecule has 0 radical (unpaired) electrons. The van der Waals surface area contributed by atoms with Crippen molar-refractivity contribution in [3.05, 3.63) is 35.9 Å². The Hall–Kier alpha value is -1.55. The molecule has 0 spiro atoms. The van der Waals surface area contributed by atoms with Crippen LogP contribution in [-0.2, 0) is 6.54 Å². The van der Waals surface area contributed by atoms with Crippen LogP contribution in [0.25, 0.3) is 0 Å². The van der Waals surface area contributed by atoms with Gasteiger partial charge in [-0.3, -0.25) is 0 Å². The van der Waals surface area contributed by atoms with Crippen LogP contribution in [0.5, 0.6) is 0 Å². The molecule has 2 amide bonds. The van der Waals surface area contributed by atoms with Gasteiger partial charge < -0.3 is 16.0 Å². The number of rotatable bonds is 2. The number of hydrogen-bond acceptors (Lipinski definition) is 2. The number of likely N-dealkylation sites (tertiary alicyclic amines) is 1. The Bertz CT molecular complexity index is 333. The minimum Gasteiger partial charge on any atom is -0.334 e. The molecular weight excluding hydrogens is 190 g/mol. The fraction of sp³-hybridized carbons (Fsp3) is 0.364. The monoisotopic (exact) mass is 205 g/mol. The van der Waals surface area contributed by atoms with Crippen LogP contribution < -0.4 is 11.1 Å². The van der Waals surface area contributed by atoms with E-state index < -0.39 is 0 Å². The summed E-state index contributed by atoms with van der Waals surface area (Å²) in [7, 11) is 0. The van der Waals surface area contributed by atoms with Crippen molar-refractivity contribution in [2.45, 2.75) is 12.6 Å². The maximum atomic E-state index is 11.5. The summed E-state index contributed by atoms with van der Waals surface area (Å²) in [6.07, 6.45) is 0. The molecule has 3 N–H and O–H groups in total. The molecule has 1 heterocycles. The highest BCUT2D eigenvalue weighted by Gasteiger charge is 2.26. The second-order valence-corrected chi connectivity index (χ2v) is 3.81. The van der Waals surface area contributed by atoms with Crippen LogP contribution >= 0.6 is 0 Å². The SMILES string of the molecule is NC1CN(C(=O)NCc2ccccc2)C1. The van der Waals surface area contributed by atoms with Gasteiger partial charge in [0.05, 0.1) is 0 Å². The summed E-state index contributed by atoms with van der Waals surface area (Å²) < 4.78 is 0. The predicted molar refractivity (Wildman–Crippen MR) is 58.2 cm³/mol. The first-order valence-corrected chi connectivity index (χ1v) is 5.08. The van der Waals surface area contributed by atoms with Crippen LogP contribution in [-0.4, -0.2) is 30.1 Å². The molecule has 0 aliphatic carbocycles. The van der Waals surface area contributed by atoms with Crippen LogP contribution in [0.3, 0.4) is 0 Å². The summed E-state index contributed by atoms with van der Waals surface area (Å²) >= 11 is 0. The summed E-state index contributed by atoms with van der Waals surface area (Å²) in [6, 6.07) is 9.99. The molecule has 0 bridgehead atoms. The fourth-order valence-corrected chi connectivity index (χ4v) is 1.56. The molecule has 4 nitrogen and oxygen atoms in total. The van der Waals surface area contributed by atoms with Crippen LogP contribution in [0.4, 0.5) is 4.79 Å². The lowest BCUT2D eigenvalue weighted by atomic mass is 10.1. The molecule has 2 rings (SSSR count). The standard InChI is InChI=1S/C11H15N3O/c12-10-7-14(8-10)11(15)13-6-9-4-2-1-3-5-9/h1-5,10H,6-8,12H2,(H,13,15). The average molecular weight is 205 g/mol. The van der Waals surface area contributed by atoms with Crippen molar-refractivity contribution in [3.8, 4) is 0 Å². The molecule has 4 heteroatoms. The second kappa shape index (κ2) is 4.31. The van der Waals surface area contributed by atoms with Gasteiger partial charge in [-0.25, -0.2) is 4.79 Å². The first kappa shape index (κ1) is 9.98. The normalized spacial score (nSPS) is 15.9. The predicted octanol–water partition coefficient (Wildman–Crippen LogP) is 0.539. The third kappa shape index (κ3) is 2.47. The Morgan fingerprint density at radius 2 is 2.07 bits per heavy atom. The van der Waals surface area contributed by atoms with Crippen molar-refractivity contribution in [2.24, 2.45) is 5.73 Å². The van der Waals surface area contributed by atoms with Crippen LogP contribution in [0.2, 0.25) is 0 Å². The minimum absolute atomic E-state index is 0.0273. The van der Waals surface area contributed by atoms with E-state index in [0.29, 0.717) is 19.6 Å². The molecule has 80 valence electrons. The van der Waals surface area contributed by atoms with Crippen molar-refractivity contribution < 1.29 is 4.79 Å². The van der Waals surface area contributed by atoms with Gasteiger partial charge in [-0.05, 0) is 5.56 Å². The molecule has 0 unspecified atom stereocenters. The van der Waals surface area contributed by atoms with Crippen molar-refractivity contribution in [1.82, 2.24) is 10.2 Å². The van der Waals surface area contributed by atoms with Gasteiger partial charge in [0.2, 0.25) is 0 Å². The summed E-state index contributed by atoms with van der Waals surface area (Å²) in [5.41, 5.74) is 6.70. The Morgan fingerprint density at radius 3 is 2.67 bits per heavy atom. The van der Waals surface area contributed by atoms with E-state index in [0.717, 1.165) is 5.56 Å². The molecule has 0 saturated carbocycles. The molecule has 15 heavy (non-hydrogen) atoms. The Kier molecular flexibility index (Phi) is 2.87. The molecule has 1 aromatic rings. The summed E-state index contributed by atoms with van der Waals surface area (Å²) in [6.45, 7) is 1.91. The minimum atomic E-state index is -0.0273. The zero-order chi connectivity index (χ0) is 10.7. The lowest BCUT2D eigenvalue weighted by Crippen LogP contribution is -2.60. The fourth-order valence-electron chi connectivity index (χ4n) is 1.56. The van der Waals surface area contributed by atoms with E-state index in [2.05, 4.69) is 5.32 Å². The average Bonchev–Trinajstić information content (AvgIpc) is 2.23. The Labute approximate surface area is 89.1 Å². The number of nitrogens with one attached hydrogen (secondary N) is 1. The molecule has 1 aliphatic rings. The number of nitrogens with two attached hydrogens (primary N) is 1. The van der Waals surface area contributed by atoms with Crippen LogP contribution in [0.15, 0.2) is 30.3 Å². The smallest absolute Gasteiger partial charge is 0.317 e. The van der Waals surface area contributed by atoms with E-state index in [9.17, 15) is 4.79 Å². The first-order valence-electron chi connectivity index (χ1n) is 5.08. The second-order valence-electron chi connectivity index (χ2n) is 3.81. The van der Waals surface area contributed by atoms with E-state index in [1.165, 1.54) is 0 Å². The van der Waals surface area contributed by atoms with Crippen molar-refractivity contribution >= 4 is 6.03 Å². The zero-order valence-corrected chi connectivity index (χ0v) is 8.52. The molecule has 1 aliphatic heterocycles. The Morgan fingerprint density at radius 1 is 1.40 bits per heavy atom. The number of benzene rings is 1. The topological polar surface area (TPSA) is 58.4 Å². The van der Waals surface area contributed by atoms with Gasteiger partial charge >= 0.3 is 6.03 Å². The number of hydrogen-bond donors (Lipinski definition) is 2. The van der Waals surface area contributed by atoms with Gasteiger partial charge in [-0.1, -0.05) is 30.3 Å². The number of urea groups is 1. The largest absolute Gasteiger partial charge is 0.334 e. The molecular formula is C11H15N3O. The molecule has 0 atom stereocenters. The van der Waals surface area contributed by atoms with Gasteiger partial charge in [0.1, 0.15) is 0 Å². The van der Waals surface area contributed by atoms with E-state index in [1.54, 1.807) is 4.90 Å². The van der Waals surface area contributed by atoms with Gasteiger partial charge in [-0.15, -0.1) is 0 Å². The third-order valence-corrected chi connectivity index (χ3v) is 2.48. The maximum Gasteiger partial charge on any atom is 0.317 e. The maximum absolute atomic E-state index is 11.5.